The van der Waals surface area contributed by atoms with Crippen molar-refractivity contribution in [1.29, 1.82) is 0 Å². The fraction of sp³-hybridized carbons (Fsp3) is 0.182. The smallest absolute Gasteiger partial charge is 0.292 e. The van der Waals surface area contributed by atoms with Crippen LogP contribution < -0.4 is 10.6 Å². The van der Waals surface area contributed by atoms with Gasteiger partial charge in [0.2, 0.25) is 0 Å². The minimum Gasteiger partial charge on any atom is -0.459 e. The lowest BCUT2D eigenvalue weighted by Crippen LogP contribution is -2.17. The number of carbonyl (C=O) groups is 1. The zero-order chi connectivity index (χ0) is 30.0. The number of hydrogen-bond donors (Lipinski definition) is 2. The van der Waals surface area contributed by atoms with E-state index in [-0.39, 0.29) is 17.8 Å². The number of aromatic nitrogens is 5. The summed E-state index contributed by atoms with van der Waals surface area (Å²) in [7, 11) is 0. The lowest BCUT2D eigenvalue weighted by atomic mass is 10.1. The molecule has 1 fully saturated rings. The van der Waals surface area contributed by atoms with Crippen molar-refractivity contribution in [1.82, 2.24) is 24.5 Å². The maximum Gasteiger partial charge on any atom is 0.292 e. The van der Waals surface area contributed by atoms with Crippen LogP contribution in [-0.2, 0) is 4.74 Å². The highest BCUT2D eigenvalue weighted by Crippen LogP contribution is 2.34. The summed E-state index contributed by atoms with van der Waals surface area (Å²) in [6.45, 7) is 2.68. The van der Waals surface area contributed by atoms with Gasteiger partial charge < -0.3 is 19.8 Å². The van der Waals surface area contributed by atoms with Gasteiger partial charge in [0.25, 0.3) is 5.91 Å². The lowest BCUT2D eigenvalue weighted by Gasteiger charge is -2.23. The van der Waals surface area contributed by atoms with E-state index in [4.69, 9.17) is 9.15 Å². The topological polar surface area (TPSA) is 120 Å². The summed E-state index contributed by atoms with van der Waals surface area (Å²) < 4.78 is 26.9. The molecule has 1 atom stereocenters. The molecule has 6 aromatic rings. The van der Waals surface area contributed by atoms with Gasteiger partial charge in [0.15, 0.2) is 11.4 Å². The summed E-state index contributed by atoms with van der Waals surface area (Å²) in [5.74, 6) is -0.0767. The molecule has 0 saturated carbocycles. The van der Waals surface area contributed by atoms with Gasteiger partial charge in [-0.25, -0.2) is 24.3 Å². The van der Waals surface area contributed by atoms with Crippen LogP contribution in [0.4, 0.5) is 21.6 Å². The van der Waals surface area contributed by atoms with Crippen molar-refractivity contribution in [2.45, 2.75) is 32.4 Å². The Kier molecular flexibility index (Phi) is 7.29. The van der Waals surface area contributed by atoms with Gasteiger partial charge >= 0.3 is 0 Å². The molecule has 1 amide bonds. The summed E-state index contributed by atoms with van der Waals surface area (Å²) in [4.78, 5) is 31.6. The van der Waals surface area contributed by atoms with Crippen molar-refractivity contribution in [2.75, 3.05) is 17.2 Å². The second-order valence-electron chi connectivity index (χ2n) is 10.5. The SMILES string of the molecule is Cc1ccc(NC(=O)c2occc2-c2ccc(F)cc2)cc1Nc1ncccc1-c1ncnc2c1ncn2C1CCCCO1. The molecule has 2 aromatic carbocycles. The van der Waals surface area contributed by atoms with Gasteiger partial charge in [-0.2, -0.15) is 0 Å². The Morgan fingerprint density at radius 3 is 2.73 bits per heavy atom. The maximum absolute atomic E-state index is 13.4. The van der Waals surface area contributed by atoms with Gasteiger partial charge in [-0.1, -0.05) is 18.2 Å². The Hall–Kier alpha value is -5.42. The zero-order valence-corrected chi connectivity index (χ0v) is 23.8. The largest absolute Gasteiger partial charge is 0.459 e. The number of imidazole rings is 1. The number of furan rings is 1. The molecule has 2 N–H and O–H groups in total. The molecule has 7 rings (SSSR count). The van der Waals surface area contributed by atoms with Crippen LogP contribution in [0.15, 0.2) is 90.2 Å². The van der Waals surface area contributed by atoms with Gasteiger partial charge in [0.05, 0.1) is 12.6 Å². The van der Waals surface area contributed by atoms with Crippen molar-refractivity contribution in [3.63, 3.8) is 0 Å². The molecule has 220 valence electrons. The van der Waals surface area contributed by atoms with Crippen LogP contribution in [0.2, 0.25) is 0 Å². The standard InChI is InChI=1S/C33H28FN7O3/c1-20-7-12-23(39-33(42)30-24(13-16-44-30)21-8-10-22(34)11-9-21)17-26(20)40-31-25(5-4-14-35-31)28-29-32(37-18-36-28)41(19-38-29)27-6-2-3-15-43-27/h4-5,7-14,16-19,27H,2-3,6,15H2,1H3,(H,35,40)(H,39,42). The molecule has 10 nitrogen and oxygen atoms in total. The maximum atomic E-state index is 13.4. The van der Waals surface area contributed by atoms with E-state index in [0.717, 1.165) is 42.7 Å². The Labute approximate surface area is 252 Å². The molecule has 1 aliphatic rings. The monoisotopic (exact) mass is 589 g/mol. The number of aryl methyl sites for hydroxylation is 1. The Morgan fingerprint density at radius 2 is 1.89 bits per heavy atom. The zero-order valence-electron chi connectivity index (χ0n) is 23.8. The molecule has 44 heavy (non-hydrogen) atoms. The number of anilines is 3. The average molecular weight is 590 g/mol. The van der Waals surface area contributed by atoms with Crippen molar-refractivity contribution < 1.29 is 18.3 Å². The van der Waals surface area contributed by atoms with Crippen molar-refractivity contribution in [2.24, 2.45) is 0 Å². The summed E-state index contributed by atoms with van der Waals surface area (Å²) in [6.07, 6.45) is 9.39. The van der Waals surface area contributed by atoms with E-state index in [1.54, 1.807) is 30.7 Å². The number of hydrogen-bond acceptors (Lipinski definition) is 8. The highest BCUT2D eigenvalue weighted by molar-refractivity contribution is 6.07. The number of carbonyl (C=O) groups excluding carboxylic acids is 1. The van der Waals surface area contributed by atoms with Gasteiger partial charge in [0.1, 0.15) is 35.4 Å². The summed E-state index contributed by atoms with van der Waals surface area (Å²) >= 11 is 0. The first-order valence-corrected chi connectivity index (χ1v) is 14.3. The van der Waals surface area contributed by atoms with Crippen LogP contribution in [-0.4, -0.2) is 37.0 Å². The number of nitrogens with zero attached hydrogens (tertiary/aromatic N) is 5. The minimum atomic E-state index is -0.427. The number of nitrogens with one attached hydrogen (secondary N) is 2. The van der Waals surface area contributed by atoms with Gasteiger partial charge in [-0.3, -0.25) is 9.36 Å². The number of benzene rings is 2. The Morgan fingerprint density at radius 1 is 1.00 bits per heavy atom. The first kappa shape index (κ1) is 27.4. The highest BCUT2D eigenvalue weighted by atomic mass is 19.1. The third-order valence-corrected chi connectivity index (χ3v) is 7.66. The van der Waals surface area contributed by atoms with Gasteiger partial charge in [0, 0.05) is 35.3 Å². The predicted octanol–water partition coefficient (Wildman–Crippen LogP) is 7.29. The molecule has 4 aromatic heterocycles. The summed E-state index contributed by atoms with van der Waals surface area (Å²) in [5, 5.41) is 6.34. The second-order valence-corrected chi connectivity index (χ2v) is 10.5. The van der Waals surface area contributed by atoms with Gasteiger partial charge in [-0.15, -0.1) is 0 Å². The highest BCUT2D eigenvalue weighted by Gasteiger charge is 2.22. The first-order chi connectivity index (χ1) is 21.5. The molecule has 1 aliphatic heterocycles. The third-order valence-electron chi connectivity index (χ3n) is 7.66. The van der Waals surface area contributed by atoms with Crippen LogP contribution in [0.3, 0.4) is 0 Å². The van der Waals surface area contributed by atoms with Crippen molar-refractivity contribution in [3.05, 3.63) is 103 Å². The molecule has 0 radical (unpaired) electrons. The van der Waals surface area contributed by atoms with Crippen LogP contribution in [0.5, 0.6) is 0 Å². The molecule has 1 unspecified atom stereocenters. The molecule has 0 bridgehead atoms. The number of fused-ring (bicyclic) bond motifs is 1. The normalized spacial score (nSPS) is 14.9. The van der Waals surface area contributed by atoms with Crippen molar-refractivity contribution >= 4 is 34.3 Å². The first-order valence-electron chi connectivity index (χ1n) is 14.3. The molecule has 0 spiro atoms. The Balaban J connectivity index is 1.16. The number of ether oxygens (including phenoxy) is 1. The van der Waals surface area contributed by atoms with Gasteiger partial charge in [-0.05, 0) is 79.8 Å². The number of amides is 1. The third kappa shape index (κ3) is 5.29. The van der Waals surface area contributed by atoms with E-state index in [1.165, 1.54) is 24.7 Å². The fourth-order valence-corrected chi connectivity index (χ4v) is 5.39. The lowest BCUT2D eigenvalue weighted by molar-refractivity contribution is -0.0298. The molecule has 1 saturated heterocycles. The molecule has 11 heteroatoms. The van der Waals surface area contributed by atoms with Crippen LogP contribution in [0.1, 0.15) is 41.6 Å². The molecular weight excluding hydrogens is 561 g/mol. The van der Waals surface area contributed by atoms with Crippen LogP contribution in [0, 0.1) is 12.7 Å². The van der Waals surface area contributed by atoms with Crippen molar-refractivity contribution in [3.8, 4) is 22.4 Å². The van der Waals surface area contributed by atoms with E-state index >= 15 is 0 Å². The number of halogens is 1. The molecular formula is C33H28FN7O3. The number of rotatable bonds is 7. The molecule has 0 aliphatic carbocycles. The van der Waals surface area contributed by atoms with Crippen LogP contribution >= 0.6 is 0 Å². The van der Waals surface area contributed by atoms with E-state index in [0.29, 0.717) is 39.5 Å². The quantitative estimate of drug-likeness (QED) is 0.199. The second kappa shape index (κ2) is 11.7. The number of pyridine rings is 1. The predicted molar refractivity (Wildman–Crippen MR) is 164 cm³/mol. The van der Waals surface area contributed by atoms with E-state index in [2.05, 4.69) is 30.6 Å². The summed E-state index contributed by atoms with van der Waals surface area (Å²) in [5.41, 5.74) is 6.24. The average Bonchev–Trinajstić information content (AvgIpc) is 3.72. The minimum absolute atomic E-state index is 0.100. The van der Waals surface area contributed by atoms with E-state index < -0.39 is 5.91 Å². The Bertz CT molecular complexity index is 1960. The fourth-order valence-electron chi connectivity index (χ4n) is 5.39. The van der Waals surface area contributed by atoms with Crippen LogP contribution in [0.25, 0.3) is 33.5 Å². The van der Waals surface area contributed by atoms with E-state index in [9.17, 15) is 9.18 Å². The summed E-state index contributed by atoms with van der Waals surface area (Å²) in [6, 6.07) is 16.9. The molecule has 5 heterocycles. The van der Waals surface area contributed by atoms with E-state index in [1.807, 2.05) is 41.8 Å².